The summed E-state index contributed by atoms with van der Waals surface area (Å²) in [5.74, 6) is 0. The predicted molar refractivity (Wildman–Crippen MR) is 51.0 cm³/mol. The fourth-order valence-electron chi connectivity index (χ4n) is 1.12. The van der Waals surface area contributed by atoms with E-state index in [9.17, 15) is 0 Å². The van der Waals surface area contributed by atoms with Crippen molar-refractivity contribution in [3.05, 3.63) is 35.9 Å². The van der Waals surface area contributed by atoms with E-state index in [1.165, 1.54) is 7.11 Å². The molecule has 0 saturated carbocycles. The zero-order chi connectivity index (χ0) is 9.68. The van der Waals surface area contributed by atoms with E-state index < -0.39 is 6.41 Å². The monoisotopic (exact) mass is 181 g/mol. The molecule has 1 aromatic rings. The minimum absolute atomic E-state index is 0.0798. The number of rotatable bonds is 4. The third kappa shape index (κ3) is 3.14. The van der Waals surface area contributed by atoms with Gasteiger partial charge in [-0.05, 0) is 12.5 Å². The van der Waals surface area contributed by atoms with Gasteiger partial charge in [0.25, 0.3) is 0 Å². The van der Waals surface area contributed by atoms with Crippen LogP contribution in [0.3, 0.4) is 0 Å². The minimum Gasteiger partial charge on any atom is -0.356 e. The zero-order valence-electron chi connectivity index (χ0n) is 7.90. The predicted octanol–water partition coefficient (Wildman–Crippen LogP) is 1.26. The second-order valence-electron chi connectivity index (χ2n) is 2.89. The highest BCUT2D eigenvalue weighted by Gasteiger charge is 2.08. The number of ether oxygens (including phenoxy) is 1. The van der Waals surface area contributed by atoms with Gasteiger partial charge < -0.3 is 9.84 Å². The molecule has 72 valence electrons. The van der Waals surface area contributed by atoms with Crippen molar-refractivity contribution < 1.29 is 9.84 Å². The van der Waals surface area contributed by atoms with Gasteiger partial charge >= 0.3 is 0 Å². The van der Waals surface area contributed by atoms with Crippen LogP contribution in [-0.2, 0) is 4.74 Å². The van der Waals surface area contributed by atoms with E-state index >= 15 is 0 Å². The Labute approximate surface area is 78.3 Å². The lowest BCUT2D eigenvalue weighted by atomic mass is 10.1. The molecule has 0 aromatic heterocycles. The molecule has 0 fully saturated rings. The van der Waals surface area contributed by atoms with Crippen LogP contribution in [0, 0.1) is 0 Å². The molecule has 13 heavy (non-hydrogen) atoms. The minimum atomic E-state index is -0.907. The third-order valence-corrected chi connectivity index (χ3v) is 1.92. The maximum Gasteiger partial charge on any atom is 0.213 e. The molecule has 0 aliphatic heterocycles. The Balaban J connectivity index is 2.53. The lowest BCUT2D eigenvalue weighted by Gasteiger charge is -2.17. The Morgan fingerprint density at radius 1 is 1.31 bits per heavy atom. The summed E-state index contributed by atoms with van der Waals surface area (Å²) >= 11 is 0. The van der Waals surface area contributed by atoms with Gasteiger partial charge in [0.1, 0.15) is 0 Å². The van der Waals surface area contributed by atoms with Crippen molar-refractivity contribution in [3.63, 3.8) is 0 Å². The second-order valence-corrected chi connectivity index (χ2v) is 2.89. The van der Waals surface area contributed by atoms with Crippen LogP contribution in [0.4, 0.5) is 0 Å². The van der Waals surface area contributed by atoms with Gasteiger partial charge in [0, 0.05) is 13.2 Å². The first kappa shape index (κ1) is 10.2. The number of aliphatic hydroxyl groups is 1. The Hall–Kier alpha value is -0.900. The van der Waals surface area contributed by atoms with Crippen LogP contribution in [-0.4, -0.2) is 18.6 Å². The van der Waals surface area contributed by atoms with Crippen molar-refractivity contribution in [2.45, 2.75) is 19.4 Å². The quantitative estimate of drug-likeness (QED) is 0.687. The first-order valence-electron chi connectivity index (χ1n) is 4.26. The van der Waals surface area contributed by atoms with Crippen LogP contribution >= 0.6 is 0 Å². The van der Waals surface area contributed by atoms with Crippen LogP contribution in [0.25, 0.3) is 0 Å². The van der Waals surface area contributed by atoms with Gasteiger partial charge in [0.05, 0.1) is 0 Å². The van der Waals surface area contributed by atoms with Gasteiger partial charge in [-0.3, -0.25) is 5.32 Å². The molecule has 3 heteroatoms. The van der Waals surface area contributed by atoms with Crippen molar-refractivity contribution in [2.75, 3.05) is 7.11 Å². The molecule has 1 rings (SSSR count). The summed E-state index contributed by atoms with van der Waals surface area (Å²) in [6.45, 7) is 1.97. The molecule has 1 unspecified atom stereocenters. The summed E-state index contributed by atoms with van der Waals surface area (Å²) in [6, 6.07) is 9.97. The first-order chi connectivity index (χ1) is 6.24. The highest BCUT2D eigenvalue weighted by atomic mass is 16.6. The summed E-state index contributed by atoms with van der Waals surface area (Å²) in [7, 11) is 1.45. The Morgan fingerprint density at radius 3 is 2.46 bits per heavy atom. The number of benzene rings is 1. The molecule has 0 spiro atoms. The smallest absolute Gasteiger partial charge is 0.213 e. The van der Waals surface area contributed by atoms with Crippen molar-refractivity contribution in [3.8, 4) is 0 Å². The highest BCUT2D eigenvalue weighted by Crippen LogP contribution is 2.11. The SMILES string of the molecule is COC(O)N[C@@H](C)c1ccccc1. The zero-order valence-corrected chi connectivity index (χ0v) is 7.90. The molecule has 1 aromatic carbocycles. The summed E-state index contributed by atoms with van der Waals surface area (Å²) in [4.78, 5) is 0. The molecule has 0 amide bonds. The first-order valence-corrected chi connectivity index (χ1v) is 4.26. The van der Waals surface area contributed by atoms with E-state index in [0.29, 0.717) is 0 Å². The summed E-state index contributed by atoms with van der Waals surface area (Å²) in [5.41, 5.74) is 1.12. The lowest BCUT2D eigenvalue weighted by molar-refractivity contribution is -0.102. The van der Waals surface area contributed by atoms with Gasteiger partial charge in [0.15, 0.2) is 0 Å². The van der Waals surface area contributed by atoms with Crippen molar-refractivity contribution >= 4 is 0 Å². The number of methoxy groups -OCH3 is 1. The van der Waals surface area contributed by atoms with E-state index in [4.69, 9.17) is 5.11 Å². The third-order valence-electron chi connectivity index (χ3n) is 1.92. The van der Waals surface area contributed by atoms with E-state index in [0.717, 1.165) is 5.56 Å². The second kappa shape index (κ2) is 4.97. The van der Waals surface area contributed by atoms with E-state index in [1.807, 2.05) is 37.3 Å². The summed E-state index contributed by atoms with van der Waals surface area (Å²) < 4.78 is 4.69. The van der Waals surface area contributed by atoms with Gasteiger partial charge in [-0.2, -0.15) is 0 Å². The maximum atomic E-state index is 9.16. The van der Waals surface area contributed by atoms with Gasteiger partial charge in [-0.1, -0.05) is 30.3 Å². The van der Waals surface area contributed by atoms with Crippen LogP contribution in [0.5, 0.6) is 0 Å². The standard InChI is InChI=1S/C10H15NO2/c1-8(11-10(12)13-2)9-6-4-3-5-7-9/h3-8,10-12H,1-2H3/t8-,10?/m0/s1. The van der Waals surface area contributed by atoms with E-state index in [2.05, 4.69) is 10.1 Å². The average Bonchev–Trinajstić information content (AvgIpc) is 2.19. The number of aliphatic hydroxyl groups excluding tert-OH is 1. The lowest BCUT2D eigenvalue weighted by Crippen LogP contribution is -2.32. The van der Waals surface area contributed by atoms with Gasteiger partial charge in [-0.25, -0.2) is 0 Å². The molecule has 3 nitrogen and oxygen atoms in total. The summed E-state index contributed by atoms with van der Waals surface area (Å²) in [6.07, 6.45) is -0.907. The Morgan fingerprint density at radius 2 is 1.92 bits per heavy atom. The number of hydrogen-bond donors (Lipinski definition) is 2. The molecule has 2 atom stereocenters. The molecule has 0 heterocycles. The fourth-order valence-corrected chi connectivity index (χ4v) is 1.12. The summed E-state index contributed by atoms with van der Waals surface area (Å²) in [5, 5.41) is 12.0. The van der Waals surface area contributed by atoms with Crippen molar-refractivity contribution in [1.82, 2.24) is 5.32 Å². The van der Waals surface area contributed by atoms with Crippen LogP contribution in [0.1, 0.15) is 18.5 Å². The maximum absolute atomic E-state index is 9.16. The highest BCUT2D eigenvalue weighted by molar-refractivity contribution is 5.17. The average molecular weight is 181 g/mol. The molecular weight excluding hydrogens is 166 g/mol. The normalized spacial score (nSPS) is 15.3. The van der Waals surface area contributed by atoms with E-state index in [-0.39, 0.29) is 6.04 Å². The Bertz CT molecular complexity index is 238. The molecule has 0 radical (unpaired) electrons. The van der Waals surface area contributed by atoms with Crippen molar-refractivity contribution in [1.29, 1.82) is 0 Å². The largest absolute Gasteiger partial charge is 0.356 e. The Kier molecular flexibility index (Phi) is 3.89. The van der Waals surface area contributed by atoms with Crippen LogP contribution in [0.2, 0.25) is 0 Å². The van der Waals surface area contributed by atoms with Crippen LogP contribution in [0.15, 0.2) is 30.3 Å². The molecule has 0 saturated heterocycles. The topological polar surface area (TPSA) is 41.5 Å². The molecule has 0 aliphatic carbocycles. The van der Waals surface area contributed by atoms with Gasteiger partial charge in [0.2, 0.25) is 6.41 Å². The number of nitrogens with one attached hydrogen (secondary N) is 1. The van der Waals surface area contributed by atoms with Crippen LogP contribution < -0.4 is 5.32 Å². The molecule has 0 aliphatic rings. The molecule has 2 N–H and O–H groups in total. The van der Waals surface area contributed by atoms with Crippen molar-refractivity contribution in [2.24, 2.45) is 0 Å². The molecular formula is C10H15NO2. The van der Waals surface area contributed by atoms with E-state index in [1.54, 1.807) is 0 Å². The fraction of sp³-hybridized carbons (Fsp3) is 0.400. The van der Waals surface area contributed by atoms with Gasteiger partial charge in [-0.15, -0.1) is 0 Å². The number of hydrogen-bond acceptors (Lipinski definition) is 3. The molecule has 0 bridgehead atoms.